The number of aromatic nitrogens is 1. The normalized spacial score (nSPS) is 14.4. The van der Waals surface area contributed by atoms with Crippen molar-refractivity contribution in [2.75, 3.05) is 18.5 Å². The molecule has 0 bridgehead atoms. The smallest absolute Gasteiger partial charge is 0.239 e. The molecule has 5 heteroatoms. The van der Waals surface area contributed by atoms with Gasteiger partial charge < -0.3 is 15.5 Å². The van der Waals surface area contributed by atoms with E-state index in [-0.39, 0.29) is 5.91 Å². The number of hydrogen-bond acceptors (Lipinski definition) is 4. The fourth-order valence-corrected chi connectivity index (χ4v) is 2.02. The molecule has 0 saturated heterocycles. The van der Waals surface area contributed by atoms with E-state index in [1.54, 1.807) is 6.20 Å². The first-order chi connectivity index (χ1) is 9.56. The molecule has 2 N–H and O–H groups in total. The molecule has 1 aromatic rings. The molecule has 1 aliphatic carbocycles. The van der Waals surface area contributed by atoms with Crippen LogP contribution in [0.25, 0.3) is 0 Å². The molecule has 1 saturated carbocycles. The summed E-state index contributed by atoms with van der Waals surface area (Å²) in [7, 11) is 1.91. The summed E-state index contributed by atoms with van der Waals surface area (Å²) in [6, 6.07) is 4.81. The molecular formula is C15H24N4O. The second-order valence-corrected chi connectivity index (χ2v) is 5.72. The Morgan fingerprint density at radius 3 is 2.90 bits per heavy atom. The summed E-state index contributed by atoms with van der Waals surface area (Å²) in [4.78, 5) is 18.2. The van der Waals surface area contributed by atoms with E-state index >= 15 is 0 Å². The molecule has 1 heterocycles. The van der Waals surface area contributed by atoms with Crippen molar-refractivity contribution in [2.24, 2.45) is 0 Å². The van der Waals surface area contributed by atoms with E-state index in [2.05, 4.69) is 29.5 Å². The van der Waals surface area contributed by atoms with E-state index in [0.717, 1.165) is 30.8 Å². The van der Waals surface area contributed by atoms with Gasteiger partial charge in [-0.2, -0.15) is 0 Å². The Balaban J connectivity index is 1.96. The van der Waals surface area contributed by atoms with Gasteiger partial charge in [0.1, 0.15) is 5.82 Å². The van der Waals surface area contributed by atoms with Crippen molar-refractivity contribution in [3.8, 4) is 0 Å². The molecule has 0 atom stereocenters. The third kappa shape index (κ3) is 4.49. The maximum atomic E-state index is 11.9. The Hall–Kier alpha value is -1.62. The van der Waals surface area contributed by atoms with Crippen molar-refractivity contribution < 1.29 is 4.79 Å². The van der Waals surface area contributed by atoms with Crippen LogP contribution in [0.1, 0.15) is 32.3 Å². The number of likely N-dealkylation sites (N-methyl/N-ethyl adjacent to an activating group) is 1. The van der Waals surface area contributed by atoms with Crippen LogP contribution in [-0.2, 0) is 11.3 Å². The molecule has 20 heavy (non-hydrogen) atoms. The summed E-state index contributed by atoms with van der Waals surface area (Å²) in [5.74, 6) is 0.940. The topological polar surface area (TPSA) is 57.3 Å². The van der Waals surface area contributed by atoms with Gasteiger partial charge in [0.25, 0.3) is 0 Å². The van der Waals surface area contributed by atoms with Crippen LogP contribution in [0.3, 0.4) is 0 Å². The Bertz CT molecular complexity index is 457. The first-order valence-corrected chi connectivity index (χ1v) is 7.24. The number of nitrogens with zero attached hydrogens (tertiary/aromatic N) is 2. The zero-order valence-corrected chi connectivity index (χ0v) is 12.5. The van der Waals surface area contributed by atoms with Gasteiger partial charge in [-0.15, -0.1) is 0 Å². The lowest BCUT2D eigenvalue weighted by Gasteiger charge is -2.21. The highest BCUT2D eigenvalue weighted by molar-refractivity contribution is 5.81. The van der Waals surface area contributed by atoms with Crippen molar-refractivity contribution in [3.63, 3.8) is 0 Å². The summed E-state index contributed by atoms with van der Waals surface area (Å²) in [6.07, 6.45) is 3.99. The molecule has 0 radical (unpaired) electrons. The van der Waals surface area contributed by atoms with Gasteiger partial charge in [0.05, 0.1) is 6.54 Å². The average molecular weight is 276 g/mol. The van der Waals surface area contributed by atoms with Crippen LogP contribution in [0.5, 0.6) is 0 Å². The molecule has 5 nitrogen and oxygen atoms in total. The van der Waals surface area contributed by atoms with E-state index < -0.39 is 0 Å². The minimum Gasteiger partial charge on any atom is -0.352 e. The fourth-order valence-electron chi connectivity index (χ4n) is 2.02. The Kier molecular flexibility index (Phi) is 4.95. The minimum atomic E-state index is 0.0726. The molecule has 1 fully saturated rings. The third-order valence-electron chi connectivity index (χ3n) is 3.25. The van der Waals surface area contributed by atoms with Gasteiger partial charge in [0.15, 0.2) is 0 Å². The number of nitrogens with one attached hydrogen (secondary N) is 2. The summed E-state index contributed by atoms with van der Waals surface area (Å²) >= 11 is 0. The van der Waals surface area contributed by atoms with Gasteiger partial charge in [-0.25, -0.2) is 4.98 Å². The van der Waals surface area contributed by atoms with Gasteiger partial charge in [-0.3, -0.25) is 4.79 Å². The summed E-state index contributed by atoms with van der Waals surface area (Å²) < 4.78 is 0. The maximum Gasteiger partial charge on any atom is 0.239 e. The molecule has 1 aromatic heterocycles. The van der Waals surface area contributed by atoms with Crippen LogP contribution in [0.15, 0.2) is 18.3 Å². The molecular weight excluding hydrogens is 252 g/mol. The van der Waals surface area contributed by atoms with Crippen molar-refractivity contribution in [3.05, 3.63) is 23.9 Å². The predicted molar refractivity (Wildman–Crippen MR) is 80.6 cm³/mol. The number of anilines is 1. The standard InChI is InChI=1S/C15H24N4O/c1-11(2)17-9-12-5-4-8-16-15(12)19(3)10-14(20)18-13-6-7-13/h4-5,8,11,13,17H,6-7,9-10H2,1-3H3,(H,18,20). The molecule has 0 aliphatic heterocycles. The van der Waals surface area contributed by atoms with Gasteiger partial charge in [0, 0.05) is 37.4 Å². The molecule has 0 aromatic carbocycles. The lowest BCUT2D eigenvalue weighted by Crippen LogP contribution is -2.37. The van der Waals surface area contributed by atoms with Crippen LogP contribution in [0.2, 0.25) is 0 Å². The van der Waals surface area contributed by atoms with E-state index in [0.29, 0.717) is 18.6 Å². The largest absolute Gasteiger partial charge is 0.352 e. The van der Waals surface area contributed by atoms with Crippen molar-refractivity contribution in [1.29, 1.82) is 0 Å². The minimum absolute atomic E-state index is 0.0726. The number of hydrogen-bond donors (Lipinski definition) is 2. The summed E-state index contributed by atoms with van der Waals surface area (Å²) in [5, 5.41) is 6.39. The predicted octanol–water partition coefficient (Wildman–Crippen LogP) is 1.29. The van der Waals surface area contributed by atoms with Gasteiger partial charge >= 0.3 is 0 Å². The molecule has 0 spiro atoms. The monoisotopic (exact) mass is 276 g/mol. The highest BCUT2D eigenvalue weighted by Gasteiger charge is 2.24. The van der Waals surface area contributed by atoms with Crippen LogP contribution in [0, 0.1) is 0 Å². The number of pyridine rings is 1. The van der Waals surface area contributed by atoms with Crippen molar-refractivity contribution in [2.45, 2.75) is 45.3 Å². The summed E-state index contributed by atoms with van der Waals surface area (Å²) in [5.41, 5.74) is 1.11. The van der Waals surface area contributed by atoms with E-state index in [9.17, 15) is 4.79 Å². The fraction of sp³-hybridized carbons (Fsp3) is 0.600. The van der Waals surface area contributed by atoms with Crippen LogP contribution in [-0.4, -0.2) is 36.6 Å². The molecule has 1 aliphatic rings. The van der Waals surface area contributed by atoms with Gasteiger partial charge in [0.2, 0.25) is 5.91 Å². The van der Waals surface area contributed by atoms with E-state index in [1.165, 1.54) is 0 Å². The van der Waals surface area contributed by atoms with Crippen molar-refractivity contribution in [1.82, 2.24) is 15.6 Å². The first kappa shape index (κ1) is 14.8. The van der Waals surface area contributed by atoms with Crippen LogP contribution >= 0.6 is 0 Å². The third-order valence-corrected chi connectivity index (χ3v) is 3.25. The highest BCUT2D eigenvalue weighted by atomic mass is 16.2. The van der Waals surface area contributed by atoms with E-state index in [4.69, 9.17) is 0 Å². The molecule has 110 valence electrons. The van der Waals surface area contributed by atoms with E-state index in [1.807, 2.05) is 24.1 Å². The molecule has 0 unspecified atom stereocenters. The van der Waals surface area contributed by atoms with Gasteiger partial charge in [-0.05, 0) is 18.9 Å². The maximum absolute atomic E-state index is 11.9. The number of carbonyl (C=O) groups excluding carboxylic acids is 1. The average Bonchev–Trinajstić information content (AvgIpc) is 3.20. The Morgan fingerprint density at radius 2 is 2.25 bits per heavy atom. The Labute approximate surface area is 120 Å². The highest BCUT2D eigenvalue weighted by Crippen LogP contribution is 2.19. The number of amides is 1. The second kappa shape index (κ2) is 6.70. The zero-order chi connectivity index (χ0) is 14.5. The quantitative estimate of drug-likeness (QED) is 0.788. The molecule has 2 rings (SSSR count). The number of carbonyl (C=O) groups is 1. The first-order valence-electron chi connectivity index (χ1n) is 7.24. The second-order valence-electron chi connectivity index (χ2n) is 5.72. The van der Waals surface area contributed by atoms with Gasteiger partial charge in [-0.1, -0.05) is 19.9 Å². The number of rotatable bonds is 7. The zero-order valence-electron chi connectivity index (χ0n) is 12.5. The lowest BCUT2D eigenvalue weighted by molar-refractivity contribution is -0.119. The van der Waals surface area contributed by atoms with Crippen molar-refractivity contribution >= 4 is 11.7 Å². The van der Waals surface area contributed by atoms with Crippen LogP contribution < -0.4 is 15.5 Å². The lowest BCUT2D eigenvalue weighted by atomic mass is 10.2. The van der Waals surface area contributed by atoms with Crippen LogP contribution in [0.4, 0.5) is 5.82 Å². The molecule has 1 amide bonds. The summed E-state index contributed by atoms with van der Waals surface area (Å²) in [6.45, 7) is 5.34. The Morgan fingerprint density at radius 1 is 1.50 bits per heavy atom. The SMILES string of the molecule is CC(C)NCc1cccnc1N(C)CC(=O)NC1CC1.